The summed E-state index contributed by atoms with van der Waals surface area (Å²) in [6.07, 6.45) is 8.17. The van der Waals surface area contributed by atoms with Gasteiger partial charge in [0.25, 0.3) is 0 Å². The standard InChI is InChI=1S/C36H28O2P2S/c37-39(27-13-5-1-6-14-27,28-15-7-2-8-16-28)31-21-23-35-33(25-31)34-26-32(22-24-36(34)41-35)40(38,29-17-9-3-10-18-29)30-19-11-4-12-20-30/h1-3,5-11,13-26H,4,12H2/t40-/m1/s1. The molecular formula is C36H28O2P2S. The molecule has 0 radical (unpaired) electrons. The summed E-state index contributed by atoms with van der Waals surface area (Å²) in [4.78, 5) is 0. The maximum absolute atomic E-state index is 15.1. The Morgan fingerprint density at radius 2 is 0.951 bits per heavy atom. The van der Waals surface area contributed by atoms with Crippen molar-refractivity contribution in [2.45, 2.75) is 12.8 Å². The second-order valence-electron chi connectivity index (χ2n) is 10.3. The Kier molecular flexibility index (Phi) is 6.76. The van der Waals surface area contributed by atoms with Gasteiger partial charge in [-0.2, -0.15) is 0 Å². The lowest BCUT2D eigenvalue weighted by atomic mass is 10.1. The van der Waals surface area contributed by atoms with Crippen LogP contribution in [-0.4, -0.2) is 0 Å². The van der Waals surface area contributed by atoms with Gasteiger partial charge in [0.2, 0.25) is 0 Å². The van der Waals surface area contributed by atoms with E-state index in [9.17, 15) is 0 Å². The predicted octanol–water partition coefficient (Wildman–Crippen LogP) is 8.24. The monoisotopic (exact) mass is 586 g/mol. The van der Waals surface area contributed by atoms with Crippen molar-refractivity contribution < 1.29 is 9.13 Å². The highest BCUT2D eigenvalue weighted by molar-refractivity contribution is 7.85. The highest BCUT2D eigenvalue weighted by Crippen LogP contribution is 2.54. The zero-order chi connectivity index (χ0) is 27.9. The number of rotatable bonds is 6. The zero-order valence-corrected chi connectivity index (χ0v) is 25.0. The van der Waals surface area contributed by atoms with Crippen LogP contribution in [0.5, 0.6) is 0 Å². The minimum Gasteiger partial charge on any atom is -0.309 e. The fourth-order valence-corrected chi connectivity index (χ4v) is 12.3. The lowest BCUT2D eigenvalue weighted by Crippen LogP contribution is -2.24. The first-order valence-corrected chi connectivity index (χ1v) is 18.0. The number of thiophene rings is 1. The van der Waals surface area contributed by atoms with E-state index in [1.165, 1.54) is 0 Å². The van der Waals surface area contributed by atoms with Crippen LogP contribution in [0.2, 0.25) is 0 Å². The molecule has 1 atom stereocenters. The molecule has 6 aromatic rings. The van der Waals surface area contributed by atoms with Crippen molar-refractivity contribution in [3.63, 3.8) is 0 Å². The van der Waals surface area contributed by atoms with Crippen molar-refractivity contribution >= 4 is 72.3 Å². The largest absolute Gasteiger partial charge is 0.309 e. The normalized spacial score (nSPS) is 15.1. The maximum Gasteiger partial charge on any atom is 0.171 e. The van der Waals surface area contributed by atoms with E-state index in [1.54, 1.807) is 11.3 Å². The van der Waals surface area contributed by atoms with Crippen LogP contribution in [0.15, 0.2) is 151 Å². The Morgan fingerprint density at radius 1 is 0.488 bits per heavy atom. The van der Waals surface area contributed by atoms with Gasteiger partial charge in [0.05, 0.1) is 0 Å². The maximum atomic E-state index is 15.1. The number of hydrogen-bond donors (Lipinski definition) is 0. The molecule has 0 fully saturated rings. The molecule has 2 nitrogen and oxygen atoms in total. The molecule has 1 heterocycles. The summed E-state index contributed by atoms with van der Waals surface area (Å²) in [5.74, 6) is 0. The van der Waals surface area contributed by atoms with Crippen LogP contribution in [0.25, 0.3) is 20.2 Å². The molecule has 1 aromatic heterocycles. The first kappa shape index (κ1) is 26.2. The molecule has 0 amide bonds. The molecule has 41 heavy (non-hydrogen) atoms. The van der Waals surface area contributed by atoms with Gasteiger partial charge >= 0.3 is 0 Å². The highest BCUT2D eigenvalue weighted by Gasteiger charge is 2.33. The quantitative estimate of drug-likeness (QED) is 0.184. The van der Waals surface area contributed by atoms with Crippen molar-refractivity contribution in [3.8, 4) is 0 Å². The van der Waals surface area contributed by atoms with E-state index in [1.807, 2.05) is 109 Å². The average Bonchev–Trinajstić information content (AvgIpc) is 3.43. The van der Waals surface area contributed by atoms with Gasteiger partial charge in [-0.1, -0.05) is 109 Å². The van der Waals surface area contributed by atoms with Crippen LogP contribution in [0, 0.1) is 0 Å². The molecule has 0 spiro atoms. The summed E-state index contributed by atoms with van der Waals surface area (Å²) >= 11 is 1.72. The molecule has 0 bridgehead atoms. The van der Waals surface area contributed by atoms with Crippen molar-refractivity contribution in [1.82, 2.24) is 0 Å². The fraction of sp³-hybridized carbons (Fsp3) is 0.0556. The van der Waals surface area contributed by atoms with Gasteiger partial charge in [-0.05, 0) is 49.2 Å². The molecular weight excluding hydrogens is 558 g/mol. The van der Waals surface area contributed by atoms with Crippen LogP contribution in [-0.2, 0) is 9.13 Å². The van der Waals surface area contributed by atoms with E-state index in [2.05, 4.69) is 36.4 Å². The fourth-order valence-electron chi connectivity index (χ4n) is 5.79. The minimum absolute atomic E-state index is 0.802. The van der Waals surface area contributed by atoms with Crippen molar-refractivity contribution in [3.05, 3.63) is 151 Å². The summed E-state index contributed by atoms with van der Waals surface area (Å²) in [6, 6.07) is 41.9. The SMILES string of the molecule is O=P(c1ccccc1)(c1ccccc1)c1ccc2sc3ccc([P@](=O)(C4=CCCC=C4)c4ccccc4)cc3c2c1. The third-order valence-electron chi connectivity index (χ3n) is 7.86. The Bertz CT molecular complexity index is 2000. The van der Waals surface area contributed by atoms with Crippen LogP contribution in [0.3, 0.4) is 0 Å². The third kappa shape index (κ3) is 4.41. The molecule has 0 N–H and O–H groups in total. The lowest BCUT2D eigenvalue weighted by Gasteiger charge is -2.22. The molecule has 200 valence electrons. The number of allylic oxidation sites excluding steroid dienone is 4. The summed E-state index contributed by atoms with van der Waals surface area (Å²) in [5, 5.41) is 7.09. The minimum atomic E-state index is -3.12. The molecule has 0 saturated heterocycles. The van der Waals surface area contributed by atoms with Gasteiger partial charge in [0, 0.05) is 52.0 Å². The Hall–Kier alpha value is -3.74. The molecule has 0 unspecified atom stereocenters. The molecule has 7 rings (SSSR count). The lowest BCUT2D eigenvalue weighted by molar-refractivity contribution is 0.590. The topological polar surface area (TPSA) is 34.1 Å². The van der Waals surface area contributed by atoms with E-state index in [4.69, 9.17) is 0 Å². The van der Waals surface area contributed by atoms with Gasteiger partial charge in [0.15, 0.2) is 14.3 Å². The van der Waals surface area contributed by atoms with Crippen LogP contribution < -0.4 is 26.5 Å². The van der Waals surface area contributed by atoms with Gasteiger partial charge < -0.3 is 9.13 Å². The van der Waals surface area contributed by atoms with Gasteiger partial charge in [-0.3, -0.25) is 0 Å². The van der Waals surface area contributed by atoms with Crippen LogP contribution >= 0.6 is 25.6 Å². The van der Waals surface area contributed by atoms with Crippen LogP contribution in [0.4, 0.5) is 0 Å². The predicted molar refractivity (Wildman–Crippen MR) is 178 cm³/mol. The molecule has 1 aliphatic carbocycles. The van der Waals surface area contributed by atoms with E-state index >= 15 is 9.13 Å². The molecule has 0 aliphatic heterocycles. The zero-order valence-electron chi connectivity index (χ0n) is 22.4. The first-order chi connectivity index (χ1) is 20.1. The number of benzene rings is 5. The van der Waals surface area contributed by atoms with Crippen LogP contribution in [0.1, 0.15) is 12.8 Å². The molecule has 5 heteroatoms. The summed E-state index contributed by atoms with van der Waals surface area (Å²) < 4.78 is 32.4. The highest BCUT2D eigenvalue weighted by atomic mass is 32.1. The smallest absolute Gasteiger partial charge is 0.171 e. The van der Waals surface area contributed by atoms with E-state index in [0.717, 1.165) is 64.9 Å². The van der Waals surface area contributed by atoms with E-state index in [-0.39, 0.29) is 0 Å². The van der Waals surface area contributed by atoms with Gasteiger partial charge in [-0.25, -0.2) is 0 Å². The second-order valence-corrected chi connectivity index (χ2v) is 16.9. The van der Waals surface area contributed by atoms with Crippen molar-refractivity contribution in [1.29, 1.82) is 0 Å². The summed E-state index contributed by atoms with van der Waals surface area (Å²) in [6.45, 7) is 0. The molecule has 5 aromatic carbocycles. The molecule has 1 aliphatic rings. The van der Waals surface area contributed by atoms with E-state index < -0.39 is 14.3 Å². The Labute approximate surface area is 244 Å². The Balaban J connectivity index is 1.46. The summed E-state index contributed by atoms with van der Waals surface area (Å²) in [7, 11) is -6.19. The van der Waals surface area contributed by atoms with Crippen molar-refractivity contribution in [2.24, 2.45) is 0 Å². The second kappa shape index (κ2) is 10.6. The Morgan fingerprint density at radius 3 is 1.41 bits per heavy atom. The number of fused-ring (bicyclic) bond motifs is 3. The van der Waals surface area contributed by atoms with Gasteiger partial charge in [0.1, 0.15) is 0 Å². The first-order valence-electron chi connectivity index (χ1n) is 13.8. The average molecular weight is 587 g/mol. The van der Waals surface area contributed by atoms with Crippen molar-refractivity contribution in [2.75, 3.05) is 0 Å². The third-order valence-corrected chi connectivity index (χ3v) is 15.2. The van der Waals surface area contributed by atoms with E-state index in [0.29, 0.717) is 0 Å². The summed E-state index contributed by atoms with van der Waals surface area (Å²) in [5.41, 5.74) is 0. The molecule has 0 saturated carbocycles. The number of hydrogen-bond acceptors (Lipinski definition) is 3. The van der Waals surface area contributed by atoms with Gasteiger partial charge in [-0.15, -0.1) is 11.3 Å².